The molecule has 2 aromatic rings. The smallest absolute Gasteiger partial charge is 0.231 e. The van der Waals surface area contributed by atoms with E-state index in [0.29, 0.717) is 19.6 Å². The highest BCUT2D eigenvalue weighted by molar-refractivity contribution is 5.44. The highest BCUT2D eigenvalue weighted by Crippen LogP contribution is 2.32. The van der Waals surface area contributed by atoms with Crippen molar-refractivity contribution in [2.45, 2.75) is 33.0 Å². The molecular formula is C17H21NO4. The second kappa shape index (κ2) is 6.42. The topological polar surface area (TPSA) is 55.1 Å². The van der Waals surface area contributed by atoms with Crippen LogP contribution >= 0.6 is 0 Å². The summed E-state index contributed by atoms with van der Waals surface area (Å²) in [5.41, 5.74) is 1.12. The van der Waals surface area contributed by atoms with Gasteiger partial charge in [-0.3, -0.25) is 4.90 Å². The van der Waals surface area contributed by atoms with Gasteiger partial charge in [-0.25, -0.2) is 0 Å². The van der Waals surface area contributed by atoms with Gasteiger partial charge in [0, 0.05) is 13.1 Å². The highest BCUT2D eigenvalue weighted by atomic mass is 16.7. The van der Waals surface area contributed by atoms with Crippen LogP contribution in [0.15, 0.2) is 34.7 Å². The number of fused-ring (bicyclic) bond motifs is 1. The number of benzene rings is 1. The van der Waals surface area contributed by atoms with Crippen LogP contribution in [0.3, 0.4) is 0 Å². The normalized spacial score (nSPS) is 14.5. The monoisotopic (exact) mass is 303 g/mol. The molecule has 1 atom stereocenters. The summed E-state index contributed by atoms with van der Waals surface area (Å²) in [5.74, 6) is 3.37. The molecule has 2 heterocycles. The summed E-state index contributed by atoms with van der Waals surface area (Å²) in [4.78, 5) is 2.15. The second-order valence-electron chi connectivity index (χ2n) is 5.72. The number of aryl methyl sites for hydroxylation is 1. The number of nitrogens with zero attached hydrogens (tertiary/aromatic N) is 1. The first-order valence-electron chi connectivity index (χ1n) is 7.44. The molecule has 22 heavy (non-hydrogen) atoms. The van der Waals surface area contributed by atoms with Gasteiger partial charge < -0.3 is 19.0 Å². The maximum atomic E-state index is 9.72. The first kappa shape index (κ1) is 14.9. The Morgan fingerprint density at radius 1 is 1.14 bits per heavy atom. The van der Waals surface area contributed by atoms with Gasteiger partial charge in [-0.05, 0) is 43.7 Å². The zero-order valence-electron chi connectivity index (χ0n) is 12.9. The Morgan fingerprint density at radius 3 is 2.68 bits per heavy atom. The molecule has 0 amide bonds. The first-order valence-corrected chi connectivity index (χ1v) is 7.44. The molecule has 5 nitrogen and oxygen atoms in total. The zero-order valence-corrected chi connectivity index (χ0v) is 12.9. The van der Waals surface area contributed by atoms with E-state index in [9.17, 15) is 5.11 Å². The number of aliphatic hydroxyl groups is 1. The van der Waals surface area contributed by atoms with E-state index < -0.39 is 6.10 Å². The third-order valence-electron chi connectivity index (χ3n) is 3.54. The van der Waals surface area contributed by atoms with Gasteiger partial charge >= 0.3 is 0 Å². The van der Waals surface area contributed by atoms with E-state index in [-0.39, 0.29) is 6.79 Å². The van der Waals surface area contributed by atoms with Gasteiger partial charge in [0.05, 0.1) is 12.6 Å². The molecular weight excluding hydrogens is 282 g/mol. The summed E-state index contributed by atoms with van der Waals surface area (Å²) in [5, 5.41) is 9.72. The lowest BCUT2D eigenvalue weighted by molar-refractivity contribution is 0.113. The van der Waals surface area contributed by atoms with Crippen molar-refractivity contribution < 1.29 is 19.0 Å². The SMILES string of the molecule is Cc1ccc(CN(Cc2ccc3c(c2)OCO3)C[C@H](C)O)o1. The molecule has 0 bridgehead atoms. The highest BCUT2D eigenvalue weighted by Gasteiger charge is 2.16. The van der Waals surface area contributed by atoms with Crippen LogP contribution < -0.4 is 9.47 Å². The van der Waals surface area contributed by atoms with Crippen LogP contribution in [0, 0.1) is 6.92 Å². The fourth-order valence-corrected chi connectivity index (χ4v) is 2.65. The van der Waals surface area contributed by atoms with Crippen LogP contribution in [0.1, 0.15) is 24.0 Å². The van der Waals surface area contributed by atoms with Crippen LogP contribution in [0.5, 0.6) is 11.5 Å². The summed E-state index contributed by atoms with van der Waals surface area (Å²) < 4.78 is 16.4. The maximum absolute atomic E-state index is 9.72. The van der Waals surface area contributed by atoms with Gasteiger partial charge in [0.1, 0.15) is 11.5 Å². The van der Waals surface area contributed by atoms with Crippen molar-refractivity contribution in [3.8, 4) is 11.5 Å². The molecule has 1 aliphatic heterocycles. The van der Waals surface area contributed by atoms with Crippen molar-refractivity contribution in [3.63, 3.8) is 0 Å². The number of ether oxygens (including phenoxy) is 2. The number of furan rings is 1. The van der Waals surface area contributed by atoms with E-state index in [0.717, 1.165) is 28.6 Å². The second-order valence-corrected chi connectivity index (χ2v) is 5.72. The average Bonchev–Trinajstić information content (AvgIpc) is 3.06. The molecule has 1 aromatic heterocycles. The Labute approximate surface area is 130 Å². The molecule has 1 aromatic carbocycles. The molecule has 0 saturated heterocycles. The molecule has 0 unspecified atom stereocenters. The molecule has 0 aliphatic carbocycles. The summed E-state index contributed by atoms with van der Waals surface area (Å²) in [6, 6.07) is 9.87. The lowest BCUT2D eigenvalue weighted by Gasteiger charge is -2.23. The van der Waals surface area contributed by atoms with Crippen molar-refractivity contribution >= 4 is 0 Å². The Bertz CT molecular complexity index is 635. The van der Waals surface area contributed by atoms with Crippen molar-refractivity contribution in [2.24, 2.45) is 0 Å². The van der Waals surface area contributed by atoms with Crippen LogP contribution in [0.4, 0.5) is 0 Å². The lowest BCUT2D eigenvalue weighted by Crippen LogP contribution is -2.30. The van der Waals surface area contributed by atoms with Crippen molar-refractivity contribution in [1.29, 1.82) is 0 Å². The number of aliphatic hydroxyl groups excluding tert-OH is 1. The van der Waals surface area contributed by atoms with Crippen LogP contribution in [-0.4, -0.2) is 29.4 Å². The first-order chi connectivity index (χ1) is 10.6. The predicted octanol–water partition coefficient (Wildman–Crippen LogP) is 2.70. The molecule has 1 aliphatic rings. The van der Waals surface area contributed by atoms with Crippen LogP contribution in [0.25, 0.3) is 0 Å². The summed E-state index contributed by atoms with van der Waals surface area (Å²) >= 11 is 0. The fourth-order valence-electron chi connectivity index (χ4n) is 2.65. The van der Waals surface area contributed by atoms with Crippen LogP contribution in [0.2, 0.25) is 0 Å². The Balaban J connectivity index is 1.71. The van der Waals surface area contributed by atoms with Crippen molar-refractivity contribution in [1.82, 2.24) is 4.90 Å². The fraction of sp³-hybridized carbons (Fsp3) is 0.412. The van der Waals surface area contributed by atoms with Crippen molar-refractivity contribution in [3.05, 3.63) is 47.4 Å². The minimum absolute atomic E-state index is 0.280. The van der Waals surface area contributed by atoms with Crippen molar-refractivity contribution in [2.75, 3.05) is 13.3 Å². The number of rotatable bonds is 6. The molecule has 0 fully saturated rings. The standard InChI is InChI=1S/C17H21NO4/c1-12(19)8-18(10-15-5-3-13(2)22-15)9-14-4-6-16-17(7-14)21-11-20-16/h3-7,12,19H,8-11H2,1-2H3/t12-/m0/s1. The van der Waals surface area contributed by atoms with Gasteiger partial charge in [-0.1, -0.05) is 6.07 Å². The Morgan fingerprint density at radius 2 is 1.95 bits per heavy atom. The van der Waals surface area contributed by atoms with E-state index >= 15 is 0 Å². The largest absolute Gasteiger partial charge is 0.465 e. The van der Waals surface area contributed by atoms with E-state index in [1.807, 2.05) is 37.3 Å². The molecule has 118 valence electrons. The quantitative estimate of drug-likeness (QED) is 0.889. The summed E-state index contributed by atoms with van der Waals surface area (Å²) in [7, 11) is 0. The molecule has 5 heteroatoms. The molecule has 0 saturated carbocycles. The molecule has 1 N–H and O–H groups in total. The third-order valence-corrected chi connectivity index (χ3v) is 3.54. The third kappa shape index (κ3) is 3.61. The summed E-state index contributed by atoms with van der Waals surface area (Å²) in [6.45, 7) is 5.95. The summed E-state index contributed by atoms with van der Waals surface area (Å²) in [6.07, 6.45) is -0.398. The predicted molar refractivity (Wildman–Crippen MR) is 81.8 cm³/mol. The number of hydrogen-bond acceptors (Lipinski definition) is 5. The van der Waals surface area contributed by atoms with Gasteiger partial charge in [-0.15, -0.1) is 0 Å². The van der Waals surface area contributed by atoms with Gasteiger partial charge in [0.2, 0.25) is 6.79 Å². The average molecular weight is 303 g/mol. The lowest BCUT2D eigenvalue weighted by atomic mass is 10.1. The van der Waals surface area contributed by atoms with E-state index in [1.54, 1.807) is 6.92 Å². The molecule has 0 spiro atoms. The van der Waals surface area contributed by atoms with Crippen LogP contribution in [-0.2, 0) is 13.1 Å². The minimum atomic E-state index is -0.398. The maximum Gasteiger partial charge on any atom is 0.231 e. The minimum Gasteiger partial charge on any atom is -0.465 e. The number of hydrogen-bond donors (Lipinski definition) is 1. The van der Waals surface area contributed by atoms with Gasteiger partial charge in [0.25, 0.3) is 0 Å². The van der Waals surface area contributed by atoms with Gasteiger partial charge in [0.15, 0.2) is 11.5 Å². The molecule has 3 rings (SSSR count). The van der Waals surface area contributed by atoms with E-state index in [1.165, 1.54) is 0 Å². The Kier molecular flexibility index (Phi) is 4.36. The Hall–Kier alpha value is -1.98. The van der Waals surface area contributed by atoms with E-state index in [2.05, 4.69) is 4.90 Å². The molecule has 0 radical (unpaired) electrons. The van der Waals surface area contributed by atoms with E-state index in [4.69, 9.17) is 13.9 Å². The van der Waals surface area contributed by atoms with Gasteiger partial charge in [-0.2, -0.15) is 0 Å². The zero-order chi connectivity index (χ0) is 15.5.